The number of hydrogen-bond acceptors (Lipinski definition) is 4. The van der Waals surface area contributed by atoms with Crippen LogP contribution in [0, 0.1) is 0 Å². The first-order valence-corrected chi connectivity index (χ1v) is 5.37. The lowest BCUT2D eigenvalue weighted by Crippen LogP contribution is -2.18. The van der Waals surface area contributed by atoms with Crippen LogP contribution in [0.5, 0.6) is 5.88 Å². The van der Waals surface area contributed by atoms with Crippen molar-refractivity contribution < 1.29 is 9.84 Å². The minimum Gasteiger partial charge on any atom is -0.477 e. The zero-order chi connectivity index (χ0) is 10.8. The number of aromatic nitrogens is 2. The highest BCUT2D eigenvalue weighted by Crippen LogP contribution is 2.34. The molecule has 84 valence electrons. The van der Waals surface area contributed by atoms with Crippen LogP contribution in [0.2, 0.25) is 5.15 Å². The first kappa shape index (κ1) is 10.7. The maximum atomic E-state index is 8.84. The maximum Gasteiger partial charge on any atom is 0.218 e. The largest absolute Gasteiger partial charge is 0.477 e. The van der Waals surface area contributed by atoms with Crippen LogP contribution in [0.4, 0.5) is 0 Å². The van der Waals surface area contributed by atoms with Gasteiger partial charge < -0.3 is 15.6 Å². The molecule has 0 fully saturated rings. The molecule has 1 aliphatic rings. The molecule has 1 unspecified atom stereocenters. The highest BCUT2D eigenvalue weighted by molar-refractivity contribution is 6.30. The molecule has 0 aromatic carbocycles. The third kappa shape index (κ3) is 1.95. The van der Waals surface area contributed by atoms with Crippen molar-refractivity contribution in [2.45, 2.75) is 25.4 Å². The van der Waals surface area contributed by atoms with Gasteiger partial charge in [-0.3, -0.25) is 0 Å². The summed E-state index contributed by atoms with van der Waals surface area (Å²) in [5.41, 5.74) is 6.61. The number of aliphatic hydroxyl groups excluding tert-OH is 1. The summed E-state index contributed by atoms with van der Waals surface area (Å²) in [4.78, 5) is 0. The molecular weight excluding hydrogens is 218 g/mol. The molecule has 1 aromatic heterocycles. The molecule has 0 bridgehead atoms. The van der Waals surface area contributed by atoms with Gasteiger partial charge in [0.15, 0.2) is 5.15 Å². The topological polar surface area (TPSA) is 73.3 Å². The molecule has 6 heteroatoms. The van der Waals surface area contributed by atoms with Crippen LogP contribution in [0.25, 0.3) is 0 Å². The van der Waals surface area contributed by atoms with Crippen LogP contribution in [-0.4, -0.2) is 28.1 Å². The minimum absolute atomic E-state index is 0.0299. The summed E-state index contributed by atoms with van der Waals surface area (Å²) in [5, 5.41) is 13.4. The van der Waals surface area contributed by atoms with Gasteiger partial charge in [0.05, 0.1) is 12.2 Å². The van der Waals surface area contributed by atoms with Gasteiger partial charge in [0.25, 0.3) is 0 Å². The average molecular weight is 232 g/mol. The third-order valence-electron chi connectivity index (χ3n) is 2.46. The van der Waals surface area contributed by atoms with Crippen LogP contribution in [-0.2, 0) is 6.54 Å². The van der Waals surface area contributed by atoms with Crippen molar-refractivity contribution in [1.29, 1.82) is 0 Å². The summed E-state index contributed by atoms with van der Waals surface area (Å²) in [6.07, 6.45) is 1.39. The molecule has 5 nitrogen and oxygen atoms in total. The Bertz CT molecular complexity index is 353. The van der Waals surface area contributed by atoms with Crippen molar-refractivity contribution in [2.24, 2.45) is 5.73 Å². The standard InChI is InChI=1S/C9H14ClN3O2/c10-8-7(6(11)2-4-14)9-13(12-8)3-1-5-15-9/h6,14H,1-5,11H2. The lowest BCUT2D eigenvalue weighted by molar-refractivity contribution is 0.224. The molecule has 0 spiro atoms. The Hall–Kier alpha value is -0.780. The molecule has 0 amide bonds. The molecule has 0 radical (unpaired) electrons. The number of ether oxygens (including phenoxy) is 1. The molecule has 15 heavy (non-hydrogen) atoms. The lowest BCUT2D eigenvalue weighted by atomic mass is 10.1. The van der Waals surface area contributed by atoms with Crippen molar-refractivity contribution in [2.75, 3.05) is 13.2 Å². The molecule has 0 saturated carbocycles. The second-order valence-corrected chi connectivity index (χ2v) is 3.91. The zero-order valence-corrected chi connectivity index (χ0v) is 9.07. The molecule has 2 heterocycles. The van der Waals surface area contributed by atoms with E-state index in [1.165, 1.54) is 0 Å². The van der Waals surface area contributed by atoms with E-state index in [2.05, 4.69) is 5.10 Å². The van der Waals surface area contributed by atoms with E-state index in [1.54, 1.807) is 4.68 Å². The third-order valence-corrected chi connectivity index (χ3v) is 2.74. The van der Waals surface area contributed by atoms with Gasteiger partial charge in [-0.1, -0.05) is 11.6 Å². The van der Waals surface area contributed by atoms with Crippen molar-refractivity contribution in [1.82, 2.24) is 9.78 Å². The smallest absolute Gasteiger partial charge is 0.218 e. The molecular formula is C9H14ClN3O2. The van der Waals surface area contributed by atoms with Gasteiger partial charge in [-0.25, -0.2) is 4.68 Å². The number of nitrogens with zero attached hydrogens (tertiary/aromatic N) is 2. The van der Waals surface area contributed by atoms with E-state index in [9.17, 15) is 0 Å². The van der Waals surface area contributed by atoms with Gasteiger partial charge in [-0.15, -0.1) is 0 Å². The lowest BCUT2D eigenvalue weighted by Gasteiger charge is -2.18. The predicted octanol–water partition coefficient (Wildman–Crippen LogP) is 0.701. The van der Waals surface area contributed by atoms with E-state index >= 15 is 0 Å². The monoisotopic (exact) mass is 231 g/mol. The van der Waals surface area contributed by atoms with Gasteiger partial charge in [-0.05, 0) is 6.42 Å². The maximum absolute atomic E-state index is 8.84. The van der Waals surface area contributed by atoms with E-state index in [-0.39, 0.29) is 12.6 Å². The van der Waals surface area contributed by atoms with Crippen LogP contribution in [0.1, 0.15) is 24.4 Å². The fourth-order valence-electron chi connectivity index (χ4n) is 1.71. The average Bonchev–Trinajstić information content (AvgIpc) is 2.54. The normalized spacial score (nSPS) is 17.0. The van der Waals surface area contributed by atoms with Crippen LogP contribution in [0.3, 0.4) is 0 Å². The second-order valence-electron chi connectivity index (χ2n) is 3.55. The molecule has 0 saturated heterocycles. The van der Waals surface area contributed by atoms with E-state index in [0.29, 0.717) is 29.6 Å². The van der Waals surface area contributed by atoms with Crippen LogP contribution in [0.15, 0.2) is 0 Å². The number of hydrogen-bond donors (Lipinski definition) is 2. The Morgan fingerprint density at radius 1 is 1.67 bits per heavy atom. The first-order valence-electron chi connectivity index (χ1n) is 4.99. The van der Waals surface area contributed by atoms with Gasteiger partial charge in [0.1, 0.15) is 0 Å². The quantitative estimate of drug-likeness (QED) is 0.803. The van der Waals surface area contributed by atoms with Crippen LogP contribution < -0.4 is 10.5 Å². The first-order chi connectivity index (χ1) is 7.24. The number of fused-ring (bicyclic) bond motifs is 1. The van der Waals surface area contributed by atoms with Crippen LogP contribution >= 0.6 is 11.6 Å². The van der Waals surface area contributed by atoms with Gasteiger partial charge >= 0.3 is 0 Å². The van der Waals surface area contributed by atoms with E-state index < -0.39 is 0 Å². The van der Waals surface area contributed by atoms with Crippen molar-refractivity contribution in [3.8, 4) is 5.88 Å². The van der Waals surface area contributed by atoms with E-state index in [0.717, 1.165) is 13.0 Å². The molecule has 1 aromatic rings. The minimum atomic E-state index is -0.315. The van der Waals surface area contributed by atoms with E-state index in [1.807, 2.05) is 0 Å². The number of rotatable bonds is 3. The van der Waals surface area contributed by atoms with Crippen molar-refractivity contribution >= 4 is 11.6 Å². The molecule has 1 aliphatic heterocycles. The predicted molar refractivity (Wildman–Crippen MR) is 56.0 cm³/mol. The van der Waals surface area contributed by atoms with Gasteiger partial charge in [0, 0.05) is 25.6 Å². The number of aliphatic hydroxyl groups is 1. The highest BCUT2D eigenvalue weighted by atomic mass is 35.5. The fourth-order valence-corrected chi connectivity index (χ4v) is 2.03. The Balaban J connectivity index is 2.32. The molecule has 2 rings (SSSR count). The Morgan fingerprint density at radius 2 is 2.47 bits per heavy atom. The summed E-state index contributed by atoms with van der Waals surface area (Å²) >= 11 is 5.99. The van der Waals surface area contributed by atoms with Crippen molar-refractivity contribution in [3.63, 3.8) is 0 Å². The number of halogens is 1. The summed E-state index contributed by atoms with van der Waals surface area (Å²) < 4.78 is 7.23. The van der Waals surface area contributed by atoms with Gasteiger partial charge in [-0.2, -0.15) is 5.10 Å². The SMILES string of the molecule is NC(CCO)c1c(Cl)nn2c1OCCC2. The Kier molecular flexibility index (Phi) is 3.14. The second kappa shape index (κ2) is 4.38. The summed E-state index contributed by atoms with van der Waals surface area (Å²) in [5.74, 6) is 0.659. The van der Waals surface area contributed by atoms with Gasteiger partial charge in [0.2, 0.25) is 5.88 Å². The molecule has 0 aliphatic carbocycles. The zero-order valence-electron chi connectivity index (χ0n) is 8.32. The summed E-state index contributed by atoms with van der Waals surface area (Å²) in [6.45, 7) is 1.50. The Morgan fingerprint density at radius 3 is 3.20 bits per heavy atom. The molecule has 1 atom stereocenters. The fraction of sp³-hybridized carbons (Fsp3) is 0.667. The Labute approximate surface area is 92.8 Å². The van der Waals surface area contributed by atoms with Crippen molar-refractivity contribution in [3.05, 3.63) is 10.7 Å². The molecule has 3 N–H and O–H groups in total. The number of nitrogens with two attached hydrogens (primary N) is 1. The summed E-state index contributed by atoms with van der Waals surface area (Å²) in [7, 11) is 0. The van der Waals surface area contributed by atoms with E-state index in [4.69, 9.17) is 27.2 Å². The summed E-state index contributed by atoms with van der Waals surface area (Å²) in [6, 6.07) is -0.315. The number of aryl methyl sites for hydroxylation is 1. The highest BCUT2D eigenvalue weighted by Gasteiger charge is 2.24.